The van der Waals surface area contributed by atoms with Gasteiger partial charge in [0.05, 0.1) is 18.3 Å². The molecule has 6 nitrogen and oxygen atoms in total. The molecule has 4 heterocycles. The van der Waals surface area contributed by atoms with Gasteiger partial charge in [0, 0.05) is 29.1 Å². The van der Waals surface area contributed by atoms with Crippen LogP contribution in [0.5, 0.6) is 0 Å². The van der Waals surface area contributed by atoms with E-state index in [-0.39, 0.29) is 5.91 Å². The van der Waals surface area contributed by atoms with Crippen LogP contribution in [-0.4, -0.2) is 22.9 Å². The van der Waals surface area contributed by atoms with Gasteiger partial charge in [-0.25, -0.2) is 9.97 Å². The number of nitrogens with one attached hydrogen (secondary N) is 2. The van der Waals surface area contributed by atoms with Gasteiger partial charge in [-0.1, -0.05) is 6.07 Å². The second-order valence-corrected chi connectivity index (χ2v) is 6.55. The monoisotopic (exact) mass is 364 g/mol. The summed E-state index contributed by atoms with van der Waals surface area (Å²) in [6.45, 7) is 0.321. The lowest BCUT2D eigenvalue weighted by atomic mass is 10.1. The Morgan fingerprint density at radius 2 is 2.15 bits per heavy atom. The smallest absolute Gasteiger partial charge is 0.270 e. The molecule has 0 saturated carbocycles. The Balaban J connectivity index is 1.73. The minimum absolute atomic E-state index is 0.247. The summed E-state index contributed by atoms with van der Waals surface area (Å²) in [6.07, 6.45) is 3.37. The normalized spacial score (nSPS) is 10.8. The summed E-state index contributed by atoms with van der Waals surface area (Å²) in [4.78, 5) is 22.6. The van der Waals surface area contributed by atoms with Crippen LogP contribution in [0, 0.1) is 0 Å². The largest absolute Gasteiger partial charge is 0.467 e. The molecule has 4 rings (SSSR count). The van der Waals surface area contributed by atoms with Gasteiger partial charge in [0.2, 0.25) is 0 Å². The number of hydrogen-bond acceptors (Lipinski definition) is 6. The molecule has 0 aliphatic carbocycles. The molecule has 0 unspecified atom stereocenters. The summed E-state index contributed by atoms with van der Waals surface area (Å²) in [6, 6.07) is 11.2. The molecule has 0 aromatic carbocycles. The zero-order chi connectivity index (χ0) is 17.9. The van der Waals surface area contributed by atoms with Crippen LogP contribution in [0.2, 0.25) is 0 Å². The average Bonchev–Trinajstić information content (AvgIpc) is 3.38. The first-order valence-electron chi connectivity index (χ1n) is 8.08. The number of rotatable bonds is 5. The fourth-order valence-corrected chi connectivity index (χ4v) is 3.46. The molecule has 0 atom stereocenters. The number of nitrogens with zero attached hydrogens (tertiary/aromatic N) is 2. The molecule has 2 N–H and O–H groups in total. The zero-order valence-corrected chi connectivity index (χ0v) is 14.8. The summed E-state index contributed by atoms with van der Waals surface area (Å²) in [7, 11) is 1.82. The first-order valence-corrected chi connectivity index (χ1v) is 8.96. The van der Waals surface area contributed by atoms with E-state index in [0.29, 0.717) is 18.0 Å². The minimum atomic E-state index is -0.247. The van der Waals surface area contributed by atoms with Gasteiger partial charge < -0.3 is 15.1 Å². The standard InChI is InChI=1S/C19H16N4O2S/c1-20-18-13-6-7-15(19(24)22-10-12-4-2-8-25-12)23-17(13)14(11-21-18)16-5-3-9-26-16/h2-9,11H,10H2,1H3,(H,20,21)(H,22,24). The Morgan fingerprint density at radius 1 is 1.23 bits per heavy atom. The molecule has 0 saturated heterocycles. The third-order valence-electron chi connectivity index (χ3n) is 3.99. The maximum absolute atomic E-state index is 12.5. The number of thiophene rings is 1. The van der Waals surface area contributed by atoms with E-state index in [1.807, 2.05) is 36.7 Å². The molecule has 26 heavy (non-hydrogen) atoms. The molecule has 0 aliphatic rings. The molecule has 0 fully saturated rings. The predicted octanol–water partition coefficient (Wildman–Crippen LogP) is 3.92. The number of amides is 1. The first-order chi connectivity index (χ1) is 12.8. The van der Waals surface area contributed by atoms with Crippen LogP contribution in [0.15, 0.2) is 58.7 Å². The number of carbonyl (C=O) groups excluding carboxylic acids is 1. The highest BCUT2D eigenvalue weighted by Crippen LogP contribution is 2.32. The van der Waals surface area contributed by atoms with E-state index >= 15 is 0 Å². The van der Waals surface area contributed by atoms with E-state index in [1.54, 1.807) is 35.9 Å². The lowest BCUT2D eigenvalue weighted by molar-refractivity contribution is 0.0943. The van der Waals surface area contributed by atoms with Crippen molar-refractivity contribution in [3.63, 3.8) is 0 Å². The van der Waals surface area contributed by atoms with Crippen LogP contribution in [0.3, 0.4) is 0 Å². The summed E-state index contributed by atoms with van der Waals surface area (Å²) in [5.74, 6) is 1.18. The predicted molar refractivity (Wildman–Crippen MR) is 102 cm³/mol. The Kier molecular flexibility index (Phi) is 4.37. The third kappa shape index (κ3) is 3.04. The Labute approximate surface area is 153 Å². The molecule has 0 aliphatic heterocycles. The Bertz CT molecular complexity index is 1040. The fraction of sp³-hybridized carbons (Fsp3) is 0.105. The van der Waals surface area contributed by atoms with Gasteiger partial charge in [-0.15, -0.1) is 11.3 Å². The van der Waals surface area contributed by atoms with Crippen LogP contribution < -0.4 is 10.6 Å². The number of fused-ring (bicyclic) bond motifs is 1. The van der Waals surface area contributed by atoms with Gasteiger partial charge in [0.1, 0.15) is 17.3 Å². The molecule has 0 bridgehead atoms. The first kappa shape index (κ1) is 16.3. The fourth-order valence-electron chi connectivity index (χ4n) is 2.72. The van der Waals surface area contributed by atoms with Crippen molar-refractivity contribution < 1.29 is 9.21 Å². The number of pyridine rings is 2. The van der Waals surface area contributed by atoms with E-state index in [0.717, 1.165) is 27.2 Å². The van der Waals surface area contributed by atoms with E-state index in [2.05, 4.69) is 20.6 Å². The lowest BCUT2D eigenvalue weighted by Gasteiger charge is -2.10. The number of carbonyl (C=O) groups is 1. The number of anilines is 1. The van der Waals surface area contributed by atoms with Crippen molar-refractivity contribution in [3.8, 4) is 10.4 Å². The SMILES string of the molecule is CNc1ncc(-c2cccs2)c2nc(C(=O)NCc3ccco3)ccc12. The molecular weight excluding hydrogens is 348 g/mol. The van der Waals surface area contributed by atoms with Gasteiger partial charge >= 0.3 is 0 Å². The second-order valence-electron chi connectivity index (χ2n) is 5.60. The van der Waals surface area contributed by atoms with E-state index in [4.69, 9.17) is 4.42 Å². The summed E-state index contributed by atoms with van der Waals surface area (Å²) in [5.41, 5.74) is 2.02. The molecule has 4 aromatic rings. The van der Waals surface area contributed by atoms with Crippen molar-refractivity contribution in [2.45, 2.75) is 6.54 Å². The van der Waals surface area contributed by atoms with Crippen LogP contribution >= 0.6 is 11.3 Å². The van der Waals surface area contributed by atoms with Crippen LogP contribution in [0.25, 0.3) is 21.3 Å². The molecule has 4 aromatic heterocycles. The number of hydrogen-bond donors (Lipinski definition) is 2. The highest BCUT2D eigenvalue weighted by Gasteiger charge is 2.15. The summed E-state index contributed by atoms with van der Waals surface area (Å²) < 4.78 is 5.24. The quantitative estimate of drug-likeness (QED) is 0.561. The van der Waals surface area contributed by atoms with Crippen molar-refractivity contribution in [1.82, 2.24) is 15.3 Å². The topological polar surface area (TPSA) is 80.0 Å². The maximum atomic E-state index is 12.5. The Morgan fingerprint density at radius 3 is 2.88 bits per heavy atom. The van der Waals surface area contributed by atoms with Gasteiger partial charge in [-0.2, -0.15) is 0 Å². The molecule has 130 valence electrons. The van der Waals surface area contributed by atoms with E-state index in [9.17, 15) is 4.79 Å². The average molecular weight is 364 g/mol. The van der Waals surface area contributed by atoms with Gasteiger partial charge in [0.15, 0.2) is 0 Å². The Hall–Kier alpha value is -3.19. The number of aromatic nitrogens is 2. The summed E-state index contributed by atoms with van der Waals surface area (Å²) >= 11 is 1.61. The molecule has 0 radical (unpaired) electrons. The highest BCUT2D eigenvalue weighted by atomic mass is 32.1. The highest BCUT2D eigenvalue weighted by molar-refractivity contribution is 7.13. The van der Waals surface area contributed by atoms with Crippen LogP contribution in [0.1, 0.15) is 16.2 Å². The van der Waals surface area contributed by atoms with Crippen molar-refractivity contribution in [2.24, 2.45) is 0 Å². The van der Waals surface area contributed by atoms with Crippen molar-refractivity contribution in [1.29, 1.82) is 0 Å². The molecule has 0 spiro atoms. The maximum Gasteiger partial charge on any atom is 0.270 e. The van der Waals surface area contributed by atoms with Crippen LogP contribution in [0.4, 0.5) is 5.82 Å². The van der Waals surface area contributed by atoms with Crippen molar-refractivity contribution in [3.05, 3.63) is 65.7 Å². The van der Waals surface area contributed by atoms with Crippen LogP contribution in [-0.2, 0) is 6.54 Å². The lowest BCUT2D eigenvalue weighted by Crippen LogP contribution is -2.23. The number of furan rings is 1. The molecule has 1 amide bonds. The minimum Gasteiger partial charge on any atom is -0.467 e. The molecular formula is C19H16N4O2S. The second kappa shape index (κ2) is 6.97. The van der Waals surface area contributed by atoms with Gasteiger partial charge in [-0.05, 0) is 35.7 Å². The van der Waals surface area contributed by atoms with Gasteiger partial charge in [0.25, 0.3) is 5.91 Å². The van der Waals surface area contributed by atoms with Crippen molar-refractivity contribution >= 4 is 34.0 Å². The van der Waals surface area contributed by atoms with Crippen molar-refractivity contribution in [2.75, 3.05) is 12.4 Å². The third-order valence-corrected chi connectivity index (χ3v) is 4.89. The van der Waals surface area contributed by atoms with Gasteiger partial charge in [-0.3, -0.25) is 4.79 Å². The molecule has 7 heteroatoms. The summed E-state index contributed by atoms with van der Waals surface area (Å²) in [5, 5.41) is 8.78. The zero-order valence-electron chi connectivity index (χ0n) is 14.0. The van der Waals surface area contributed by atoms with E-state index < -0.39 is 0 Å². The van der Waals surface area contributed by atoms with E-state index in [1.165, 1.54) is 0 Å².